The van der Waals surface area contributed by atoms with E-state index in [1.807, 2.05) is 6.07 Å². The number of rotatable bonds is 5. The Morgan fingerprint density at radius 1 is 1.75 bits per heavy atom. The molecule has 0 bridgehead atoms. The van der Waals surface area contributed by atoms with Crippen molar-refractivity contribution >= 4 is 11.5 Å². The van der Waals surface area contributed by atoms with Crippen LogP contribution in [0.4, 0.5) is 11.5 Å². The Morgan fingerprint density at radius 2 is 2.50 bits per heavy atom. The predicted octanol–water partition coefficient (Wildman–Crippen LogP) is 0.920. The first-order chi connectivity index (χ1) is 7.69. The average molecular weight is 222 g/mol. The van der Waals surface area contributed by atoms with Gasteiger partial charge in [-0.05, 0) is 0 Å². The van der Waals surface area contributed by atoms with E-state index in [4.69, 9.17) is 10.00 Å². The standard InChI is InChI=1S/C9H10N4O3/c1-16-3-2-11-9-7(5-10)4-8(6-12-9)13(14)15/h4,6H,2-3H2,1H3,(H,11,12). The van der Waals surface area contributed by atoms with Gasteiger partial charge < -0.3 is 10.1 Å². The molecule has 0 radical (unpaired) electrons. The van der Waals surface area contributed by atoms with Crippen LogP contribution in [0.15, 0.2) is 12.3 Å². The highest BCUT2D eigenvalue weighted by atomic mass is 16.6. The van der Waals surface area contributed by atoms with Gasteiger partial charge in [0.2, 0.25) is 0 Å². The predicted molar refractivity (Wildman–Crippen MR) is 56.0 cm³/mol. The molecular formula is C9H10N4O3. The van der Waals surface area contributed by atoms with Crippen LogP contribution >= 0.6 is 0 Å². The molecule has 0 aliphatic heterocycles. The zero-order valence-electron chi connectivity index (χ0n) is 8.64. The third-order valence-corrected chi connectivity index (χ3v) is 1.80. The van der Waals surface area contributed by atoms with Crippen molar-refractivity contribution in [1.82, 2.24) is 4.98 Å². The Kier molecular flexibility index (Phi) is 4.17. The van der Waals surface area contributed by atoms with Gasteiger partial charge in [0.1, 0.15) is 23.6 Å². The van der Waals surface area contributed by atoms with Crippen molar-refractivity contribution in [2.45, 2.75) is 0 Å². The Labute approximate surface area is 91.8 Å². The molecule has 7 heteroatoms. The van der Waals surface area contributed by atoms with Crippen LogP contribution in [-0.4, -0.2) is 30.2 Å². The number of ether oxygens (including phenoxy) is 1. The lowest BCUT2D eigenvalue weighted by Gasteiger charge is -2.05. The molecule has 0 spiro atoms. The number of hydrogen-bond acceptors (Lipinski definition) is 6. The summed E-state index contributed by atoms with van der Waals surface area (Å²) in [7, 11) is 1.55. The van der Waals surface area contributed by atoms with Gasteiger partial charge in [-0.1, -0.05) is 0 Å². The highest BCUT2D eigenvalue weighted by Gasteiger charge is 2.11. The molecule has 1 aromatic rings. The summed E-state index contributed by atoms with van der Waals surface area (Å²) in [6.45, 7) is 0.944. The van der Waals surface area contributed by atoms with E-state index < -0.39 is 4.92 Å². The summed E-state index contributed by atoms with van der Waals surface area (Å²) in [6, 6.07) is 3.03. The zero-order valence-corrected chi connectivity index (χ0v) is 8.64. The second-order valence-electron chi connectivity index (χ2n) is 2.88. The topological polar surface area (TPSA) is 101 Å². The number of nitriles is 1. The van der Waals surface area contributed by atoms with Crippen LogP contribution in [0.5, 0.6) is 0 Å². The second-order valence-corrected chi connectivity index (χ2v) is 2.88. The van der Waals surface area contributed by atoms with E-state index in [0.717, 1.165) is 6.20 Å². The summed E-state index contributed by atoms with van der Waals surface area (Å²) in [5, 5.41) is 22.1. The minimum atomic E-state index is -0.591. The molecule has 84 valence electrons. The molecule has 0 saturated heterocycles. The van der Waals surface area contributed by atoms with E-state index in [0.29, 0.717) is 19.0 Å². The molecule has 16 heavy (non-hydrogen) atoms. The molecule has 1 rings (SSSR count). The van der Waals surface area contributed by atoms with Crippen LogP contribution in [0.1, 0.15) is 5.56 Å². The summed E-state index contributed by atoms with van der Waals surface area (Å²) < 4.78 is 4.82. The third-order valence-electron chi connectivity index (χ3n) is 1.80. The van der Waals surface area contributed by atoms with Crippen LogP contribution < -0.4 is 5.32 Å². The van der Waals surface area contributed by atoms with E-state index in [1.165, 1.54) is 6.07 Å². The average Bonchev–Trinajstić information content (AvgIpc) is 2.29. The van der Waals surface area contributed by atoms with E-state index in [9.17, 15) is 10.1 Å². The molecule has 0 aliphatic rings. The maximum Gasteiger partial charge on any atom is 0.289 e. The number of pyridine rings is 1. The van der Waals surface area contributed by atoms with Crippen molar-refractivity contribution in [3.63, 3.8) is 0 Å². The normalized spacial score (nSPS) is 9.50. The van der Waals surface area contributed by atoms with Gasteiger partial charge in [-0.25, -0.2) is 4.98 Å². The lowest BCUT2D eigenvalue weighted by atomic mass is 10.2. The summed E-state index contributed by atoms with van der Waals surface area (Å²) in [4.78, 5) is 13.7. The molecule has 1 heterocycles. The van der Waals surface area contributed by atoms with Crippen molar-refractivity contribution in [2.24, 2.45) is 0 Å². The SMILES string of the molecule is COCCNc1ncc([N+](=O)[O-])cc1C#N. The maximum atomic E-state index is 10.5. The fourth-order valence-electron chi connectivity index (χ4n) is 1.05. The summed E-state index contributed by atoms with van der Waals surface area (Å²) in [5.74, 6) is 0.324. The number of aromatic nitrogens is 1. The highest BCUT2D eigenvalue weighted by Crippen LogP contribution is 2.17. The monoisotopic (exact) mass is 222 g/mol. The molecule has 0 fully saturated rings. The van der Waals surface area contributed by atoms with Crippen molar-refractivity contribution < 1.29 is 9.66 Å². The molecule has 0 aliphatic carbocycles. The molecular weight excluding hydrogens is 212 g/mol. The molecule has 0 amide bonds. The van der Waals surface area contributed by atoms with E-state index in [2.05, 4.69) is 10.3 Å². The number of nitro groups is 1. The smallest absolute Gasteiger partial charge is 0.289 e. The van der Waals surface area contributed by atoms with Crippen molar-refractivity contribution in [1.29, 1.82) is 5.26 Å². The van der Waals surface area contributed by atoms with Gasteiger partial charge in [-0.3, -0.25) is 10.1 Å². The number of nitrogens with one attached hydrogen (secondary N) is 1. The highest BCUT2D eigenvalue weighted by molar-refractivity contribution is 5.55. The first-order valence-electron chi connectivity index (χ1n) is 4.46. The first-order valence-corrected chi connectivity index (χ1v) is 4.46. The van der Waals surface area contributed by atoms with Crippen molar-refractivity contribution in [2.75, 3.05) is 25.6 Å². The second kappa shape index (κ2) is 5.63. The number of hydrogen-bond donors (Lipinski definition) is 1. The fraction of sp³-hybridized carbons (Fsp3) is 0.333. The van der Waals surface area contributed by atoms with Gasteiger partial charge in [-0.2, -0.15) is 5.26 Å². The summed E-state index contributed by atoms with van der Waals surface area (Å²) in [5.41, 5.74) is -0.0563. The van der Waals surface area contributed by atoms with Crippen LogP contribution in [-0.2, 0) is 4.74 Å². The van der Waals surface area contributed by atoms with E-state index >= 15 is 0 Å². The van der Waals surface area contributed by atoms with Gasteiger partial charge >= 0.3 is 0 Å². The van der Waals surface area contributed by atoms with Crippen LogP contribution in [0.25, 0.3) is 0 Å². The number of nitrogens with zero attached hydrogens (tertiary/aromatic N) is 3. The minimum absolute atomic E-state index is 0.144. The molecule has 0 aromatic carbocycles. The Hall–Kier alpha value is -2.20. The minimum Gasteiger partial charge on any atom is -0.383 e. The third kappa shape index (κ3) is 2.90. The summed E-state index contributed by atoms with van der Waals surface area (Å²) in [6.07, 6.45) is 1.11. The van der Waals surface area contributed by atoms with Gasteiger partial charge in [0.05, 0.1) is 11.5 Å². The summed E-state index contributed by atoms with van der Waals surface area (Å²) >= 11 is 0. The molecule has 0 saturated carbocycles. The molecule has 0 atom stereocenters. The van der Waals surface area contributed by atoms with Crippen molar-refractivity contribution in [3.8, 4) is 6.07 Å². The molecule has 1 N–H and O–H groups in total. The first kappa shape index (κ1) is 11.9. The van der Waals surface area contributed by atoms with Gasteiger partial charge in [0, 0.05) is 19.7 Å². The molecule has 1 aromatic heterocycles. The quantitative estimate of drug-likeness (QED) is 0.451. The lowest BCUT2D eigenvalue weighted by Crippen LogP contribution is -2.10. The van der Waals surface area contributed by atoms with Crippen LogP contribution in [0.2, 0.25) is 0 Å². The molecule has 7 nitrogen and oxygen atoms in total. The maximum absolute atomic E-state index is 10.5. The lowest BCUT2D eigenvalue weighted by molar-refractivity contribution is -0.385. The number of anilines is 1. The van der Waals surface area contributed by atoms with Gasteiger partial charge in [0.15, 0.2) is 0 Å². The molecule has 0 unspecified atom stereocenters. The Morgan fingerprint density at radius 3 is 3.06 bits per heavy atom. The zero-order chi connectivity index (χ0) is 12.0. The Bertz CT molecular complexity index is 427. The van der Waals surface area contributed by atoms with E-state index in [-0.39, 0.29) is 11.3 Å². The van der Waals surface area contributed by atoms with E-state index in [1.54, 1.807) is 7.11 Å². The van der Waals surface area contributed by atoms with Crippen LogP contribution in [0, 0.1) is 21.4 Å². The fourth-order valence-corrected chi connectivity index (χ4v) is 1.05. The van der Waals surface area contributed by atoms with Crippen LogP contribution in [0.3, 0.4) is 0 Å². The number of methoxy groups -OCH3 is 1. The Balaban J connectivity index is 2.86. The van der Waals surface area contributed by atoms with Gasteiger partial charge in [0.25, 0.3) is 5.69 Å². The van der Waals surface area contributed by atoms with Gasteiger partial charge in [-0.15, -0.1) is 0 Å². The largest absolute Gasteiger partial charge is 0.383 e. The van der Waals surface area contributed by atoms with Crippen molar-refractivity contribution in [3.05, 3.63) is 27.9 Å².